The molecule has 1 aromatic rings. The van der Waals surface area contributed by atoms with Gasteiger partial charge in [-0.1, -0.05) is 0 Å². The molecule has 3 nitrogen and oxygen atoms in total. The van der Waals surface area contributed by atoms with Crippen LogP contribution in [0, 0.1) is 5.92 Å². The van der Waals surface area contributed by atoms with Gasteiger partial charge >= 0.3 is 0 Å². The van der Waals surface area contributed by atoms with Crippen LogP contribution in [0.5, 0.6) is 0 Å². The summed E-state index contributed by atoms with van der Waals surface area (Å²) < 4.78 is 1.05. The van der Waals surface area contributed by atoms with Crippen molar-refractivity contribution in [3.05, 3.63) is 20.8 Å². The highest BCUT2D eigenvalue weighted by atomic mass is 79.9. The highest BCUT2D eigenvalue weighted by molar-refractivity contribution is 9.10. The summed E-state index contributed by atoms with van der Waals surface area (Å²) in [6.07, 6.45) is 2.09. The zero-order valence-electron chi connectivity index (χ0n) is 9.73. The Labute approximate surface area is 114 Å². The molecule has 0 spiro atoms. The van der Waals surface area contributed by atoms with Crippen molar-refractivity contribution in [1.29, 1.82) is 0 Å². The largest absolute Gasteiger partial charge is 0.392 e. The third-order valence-corrected chi connectivity index (χ3v) is 4.87. The minimum absolute atomic E-state index is 0.0690. The molecule has 0 aliphatic heterocycles. The lowest BCUT2D eigenvalue weighted by molar-refractivity contribution is -0.137. The number of nitrogens with zero attached hydrogens (tertiary/aromatic N) is 1. The van der Waals surface area contributed by atoms with Gasteiger partial charge in [0.25, 0.3) is 0 Å². The molecule has 0 bridgehead atoms. The fourth-order valence-electron chi connectivity index (χ4n) is 2.26. The fraction of sp³-hybridized carbons (Fsp3) is 0.583. The Morgan fingerprint density at radius 1 is 1.65 bits per heavy atom. The Kier molecular flexibility index (Phi) is 4.22. The van der Waals surface area contributed by atoms with Gasteiger partial charge in [0.15, 0.2) is 0 Å². The minimum Gasteiger partial charge on any atom is -0.392 e. The lowest BCUT2D eigenvalue weighted by Gasteiger charge is -2.22. The SMILES string of the molecule is CN(Cc1cc(Br)cs1)C(=O)C1CCCC1O. The molecular formula is C12H16BrNO2S. The van der Waals surface area contributed by atoms with Crippen molar-refractivity contribution in [3.63, 3.8) is 0 Å². The maximum atomic E-state index is 12.1. The molecule has 1 aliphatic carbocycles. The number of hydrogen-bond donors (Lipinski definition) is 1. The van der Waals surface area contributed by atoms with Crippen LogP contribution in [0.25, 0.3) is 0 Å². The van der Waals surface area contributed by atoms with Crippen molar-refractivity contribution in [3.8, 4) is 0 Å². The van der Waals surface area contributed by atoms with Gasteiger partial charge in [-0.2, -0.15) is 0 Å². The molecule has 5 heteroatoms. The topological polar surface area (TPSA) is 40.5 Å². The molecule has 1 saturated carbocycles. The van der Waals surface area contributed by atoms with E-state index >= 15 is 0 Å². The molecule has 2 rings (SSSR count). The average molecular weight is 318 g/mol. The quantitative estimate of drug-likeness (QED) is 0.931. The molecular weight excluding hydrogens is 302 g/mol. The van der Waals surface area contributed by atoms with E-state index in [0.717, 1.165) is 28.6 Å². The maximum Gasteiger partial charge on any atom is 0.228 e. The lowest BCUT2D eigenvalue weighted by Crippen LogP contribution is -2.35. The van der Waals surface area contributed by atoms with Gasteiger partial charge in [0.05, 0.1) is 18.6 Å². The Balaban J connectivity index is 1.95. The summed E-state index contributed by atoms with van der Waals surface area (Å²) in [5.74, 6) is -0.122. The standard InChI is InChI=1S/C12H16BrNO2S/c1-14(6-9-5-8(13)7-17-9)12(16)10-3-2-4-11(10)15/h5,7,10-11,15H,2-4,6H2,1H3. The first-order chi connectivity index (χ1) is 8.08. The molecule has 0 aromatic carbocycles. The number of carbonyl (C=O) groups excluding carboxylic acids is 1. The van der Waals surface area contributed by atoms with Gasteiger partial charge in [-0.25, -0.2) is 0 Å². The number of rotatable bonds is 3. The summed E-state index contributed by atoms with van der Waals surface area (Å²) in [4.78, 5) is 15.0. The first-order valence-corrected chi connectivity index (χ1v) is 7.41. The van der Waals surface area contributed by atoms with Crippen LogP contribution in [0.2, 0.25) is 0 Å². The van der Waals surface area contributed by atoms with E-state index in [1.165, 1.54) is 0 Å². The van der Waals surface area contributed by atoms with Crippen molar-refractivity contribution in [1.82, 2.24) is 4.90 Å². The van der Waals surface area contributed by atoms with E-state index in [1.54, 1.807) is 23.3 Å². The van der Waals surface area contributed by atoms with Crippen LogP contribution in [0.15, 0.2) is 15.9 Å². The fourth-order valence-corrected chi connectivity index (χ4v) is 3.76. The molecule has 0 saturated heterocycles. The zero-order valence-corrected chi connectivity index (χ0v) is 12.1. The van der Waals surface area contributed by atoms with Crippen LogP contribution in [-0.4, -0.2) is 29.1 Å². The summed E-state index contributed by atoms with van der Waals surface area (Å²) in [7, 11) is 1.81. The molecule has 2 unspecified atom stereocenters. The Morgan fingerprint density at radius 2 is 2.41 bits per heavy atom. The highest BCUT2D eigenvalue weighted by Gasteiger charge is 2.33. The first-order valence-electron chi connectivity index (χ1n) is 5.74. The minimum atomic E-state index is -0.444. The van der Waals surface area contributed by atoms with Gasteiger partial charge in [-0.05, 0) is 41.3 Å². The zero-order chi connectivity index (χ0) is 12.4. The summed E-state index contributed by atoms with van der Waals surface area (Å²) in [6.45, 7) is 0.623. The van der Waals surface area contributed by atoms with Crippen molar-refractivity contribution in [2.75, 3.05) is 7.05 Å². The lowest BCUT2D eigenvalue weighted by atomic mass is 10.0. The van der Waals surface area contributed by atoms with Crippen LogP contribution in [-0.2, 0) is 11.3 Å². The van der Waals surface area contributed by atoms with E-state index in [1.807, 2.05) is 11.4 Å². The smallest absolute Gasteiger partial charge is 0.228 e. The number of hydrogen-bond acceptors (Lipinski definition) is 3. The summed E-state index contributed by atoms with van der Waals surface area (Å²) in [6, 6.07) is 2.03. The predicted molar refractivity (Wildman–Crippen MR) is 71.8 cm³/mol. The van der Waals surface area contributed by atoms with Crippen molar-refractivity contribution < 1.29 is 9.90 Å². The van der Waals surface area contributed by atoms with Gasteiger partial charge in [0.1, 0.15) is 0 Å². The number of aliphatic hydroxyl groups excluding tert-OH is 1. The summed E-state index contributed by atoms with van der Waals surface area (Å²) in [5, 5.41) is 11.7. The van der Waals surface area contributed by atoms with E-state index in [4.69, 9.17) is 0 Å². The third kappa shape index (κ3) is 3.09. The number of aliphatic hydroxyl groups is 1. The first kappa shape index (κ1) is 13.1. The highest BCUT2D eigenvalue weighted by Crippen LogP contribution is 2.28. The molecule has 1 aromatic heterocycles. The second-order valence-corrected chi connectivity index (χ2v) is 6.44. The Morgan fingerprint density at radius 3 is 2.94 bits per heavy atom. The van der Waals surface area contributed by atoms with Gasteiger partial charge in [-0.15, -0.1) is 11.3 Å². The second kappa shape index (κ2) is 5.50. The molecule has 94 valence electrons. The average Bonchev–Trinajstić information content (AvgIpc) is 2.86. The number of halogens is 1. The molecule has 0 radical (unpaired) electrons. The van der Waals surface area contributed by atoms with E-state index in [9.17, 15) is 9.90 Å². The van der Waals surface area contributed by atoms with Gasteiger partial charge in [-0.3, -0.25) is 4.79 Å². The van der Waals surface area contributed by atoms with Crippen molar-refractivity contribution in [2.24, 2.45) is 5.92 Å². The van der Waals surface area contributed by atoms with Crippen LogP contribution >= 0.6 is 27.3 Å². The summed E-state index contributed by atoms with van der Waals surface area (Å²) >= 11 is 5.04. The van der Waals surface area contributed by atoms with E-state index < -0.39 is 6.10 Å². The number of carbonyl (C=O) groups is 1. The molecule has 17 heavy (non-hydrogen) atoms. The van der Waals surface area contributed by atoms with Crippen molar-refractivity contribution >= 4 is 33.2 Å². The van der Waals surface area contributed by atoms with Gasteiger partial charge in [0.2, 0.25) is 5.91 Å². The molecule has 2 atom stereocenters. The molecule has 1 N–H and O–H groups in total. The third-order valence-electron chi connectivity index (χ3n) is 3.19. The number of thiophene rings is 1. The van der Waals surface area contributed by atoms with E-state index in [2.05, 4.69) is 15.9 Å². The van der Waals surface area contributed by atoms with Gasteiger partial charge < -0.3 is 10.0 Å². The van der Waals surface area contributed by atoms with Gasteiger partial charge in [0, 0.05) is 21.8 Å². The van der Waals surface area contributed by atoms with Crippen LogP contribution in [0.3, 0.4) is 0 Å². The van der Waals surface area contributed by atoms with Crippen molar-refractivity contribution in [2.45, 2.75) is 31.9 Å². The normalized spacial score (nSPS) is 23.9. The molecule has 1 aliphatic rings. The monoisotopic (exact) mass is 317 g/mol. The second-order valence-electron chi connectivity index (χ2n) is 4.53. The summed E-state index contributed by atoms with van der Waals surface area (Å²) in [5.41, 5.74) is 0. The Hall–Kier alpha value is -0.390. The van der Waals surface area contributed by atoms with Crippen LogP contribution < -0.4 is 0 Å². The predicted octanol–water partition coefficient (Wildman–Crippen LogP) is 2.63. The maximum absolute atomic E-state index is 12.1. The molecule has 1 fully saturated rings. The molecule has 1 heterocycles. The van der Waals surface area contributed by atoms with E-state index in [0.29, 0.717) is 6.54 Å². The molecule has 1 amide bonds. The van der Waals surface area contributed by atoms with Crippen LogP contribution in [0.4, 0.5) is 0 Å². The van der Waals surface area contributed by atoms with E-state index in [-0.39, 0.29) is 11.8 Å². The van der Waals surface area contributed by atoms with Crippen LogP contribution in [0.1, 0.15) is 24.1 Å². The number of amides is 1. The Bertz CT molecular complexity index is 407.